The molecule has 0 aliphatic heterocycles. The van der Waals surface area contributed by atoms with Crippen LogP contribution in [-0.4, -0.2) is 20.3 Å². The van der Waals surface area contributed by atoms with Crippen LogP contribution in [0.25, 0.3) is 0 Å². The molecule has 2 aromatic rings. The Balaban J connectivity index is 1.82. The highest BCUT2D eigenvalue weighted by atomic mass is 35.5. The molecule has 23 heavy (non-hydrogen) atoms. The van der Waals surface area contributed by atoms with Crippen molar-refractivity contribution in [1.29, 1.82) is 0 Å². The molecule has 0 aliphatic carbocycles. The predicted molar refractivity (Wildman–Crippen MR) is 94.3 cm³/mol. The molecule has 0 fully saturated rings. The minimum absolute atomic E-state index is 0.574. The van der Waals surface area contributed by atoms with Gasteiger partial charge in [0.05, 0.1) is 20.3 Å². The van der Waals surface area contributed by atoms with Crippen LogP contribution in [-0.2, 0) is 0 Å². The van der Waals surface area contributed by atoms with Gasteiger partial charge in [0.15, 0.2) is 11.5 Å². The molecule has 2 rings (SSSR count). The van der Waals surface area contributed by atoms with E-state index in [0.29, 0.717) is 13.2 Å². The first kappa shape index (κ1) is 17.5. The van der Waals surface area contributed by atoms with Gasteiger partial charge in [-0.05, 0) is 61.7 Å². The first-order valence-electron chi connectivity index (χ1n) is 7.69. The van der Waals surface area contributed by atoms with Gasteiger partial charge >= 0.3 is 0 Å². The lowest BCUT2D eigenvalue weighted by atomic mass is 10.1. The standard InChI is InChI=1S/C19H23ClO3/c1-13-6-8-18(19(12-13)21-4)23-11-5-10-22-17-9-7-16(20)14(2)15(17)3/h6-9,12H,5,10-11H2,1-4H3. The minimum Gasteiger partial charge on any atom is -0.493 e. The van der Waals surface area contributed by atoms with Gasteiger partial charge in [-0.1, -0.05) is 17.7 Å². The van der Waals surface area contributed by atoms with Crippen molar-refractivity contribution in [3.8, 4) is 17.2 Å². The van der Waals surface area contributed by atoms with Crippen LogP contribution in [0.15, 0.2) is 30.3 Å². The van der Waals surface area contributed by atoms with Crippen LogP contribution in [0.5, 0.6) is 17.2 Å². The molecule has 0 aliphatic rings. The maximum atomic E-state index is 6.09. The number of ether oxygens (including phenoxy) is 3. The fourth-order valence-electron chi connectivity index (χ4n) is 2.24. The van der Waals surface area contributed by atoms with Gasteiger partial charge in [-0.25, -0.2) is 0 Å². The average molecular weight is 335 g/mol. The lowest BCUT2D eigenvalue weighted by Crippen LogP contribution is -2.06. The van der Waals surface area contributed by atoms with Crippen LogP contribution in [0.3, 0.4) is 0 Å². The molecule has 0 unspecified atom stereocenters. The van der Waals surface area contributed by atoms with Crippen LogP contribution in [0.2, 0.25) is 5.02 Å². The number of benzene rings is 2. The lowest BCUT2D eigenvalue weighted by molar-refractivity contribution is 0.239. The Morgan fingerprint density at radius 1 is 0.826 bits per heavy atom. The van der Waals surface area contributed by atoms with Crippen molar-refractivity contribution in [3.63, 3.8) is 0 Å². The van der Waals surface area contributed by atoms with Crippen LogP contribution in [0, 0.1) is 20.8 Å². The largest absolute Gasteiger partial charge is 0.493 e. The van der Waals surface area contributed by atoms with Gasteiger partial charge in [-0.3, -0.25) is 0 Å². The van der Waals surface area contributed by atoms with Crippen LogP contribution in [0.4, 0.5) is 0 Å². The quantitative estimate of drug-likeness (QED) is 0.657. The minimum atomic E-state index is 0.574. The highest BCUT2D eigenvalue weighted by Crippen LogP contribution is 2.28. The SMILES string of the molecule is COc1cc(C)ccc1OCCCOc1ccc(Cl)c(C)c1C. The van der Waals surface area contributed by atoms with Gasteiger partial charge in [-0.15, -0.1) is 0 Å². The summed E-state index contributed by atoms with van der Waals surface area (Å²) in [5.41, 5.74) is 3.29. The molecular weight excluding hydrogens is 312 g/mol. The van der Waals surface area contributed by atoms with Crippen LogP contribution < -0.4 is 14.2 Å². The third-order valence-corrected chi connectivity index (χ3v) is 4.20. The second-order valence-corrected chi connectivity index (χ2v) is 5.91. The normalized spacial score (nSPS) is 10.5. The Morgan fingerprint density at radius 3 is 2.17 bits per heavy atom. The first-order chi connectivity index (χ1) is 11.0. The number of halogens is 1. The van der Waals surface area contributed by atoms with Crippen LogP contribution in [0.1, 0.15) is 23.1 Å². The smallest absolute Gasteiger partial charge is 0.161 e. The lowest BCUT2D eigenvalue weighted by Gasteiger charge is -2.13. The van der Waals surface area contributed by atoms with Crippen molar-refractivity contribution in [2.24, 2.45) is 0 Å². The van der Waals surface area contributed by atoms with E-state index in [1.165, 1.54) is 0 Å². The number of aryl methyl sites for hydroxylation is 1. The molecule has 0 aromatic heterocycles. The Hall–Kier alpha value is -1.87. The molecule has 0 radical (unpaired) electrons. The maximum Gasteiger partial charge on any atom is 0.161 e. The molecule has 3 nitrogen and oxygen atoms in total. The topological polar surface area (TPSA) is 27.7 Å². The molecule has 0 amide bonds. The molecule has 4 heteroatoms. The molecule has 2 aromatic carbocycles. The second kappa shape index (κ2) is 8.11. The van der Waals surface area contributed by atoms with Crippen molar-refractivity contribution < 1.29 is 14.2 Å². The summed E-state index contributed by atoms with van der Waals surface area (Å²) in [6.07, 6.45) is 0.790. The molecule has 0 bridgehead atoms. The summed E-state index contributed by atoms with van der Waals surface area (Å²) >= 11 is 6.09. The van der Waals surface area contributed by atoms with E-state index in [1.807, 2.05) is 51.1 Å². The molecule has 0 heterocycles. The Morgan fingerprint density at radius 2 is 1.48 bits per heavy atom. The fourth-order valence-corrected chi connectivity index (χ4v) is 2.44. The van der Waals surface area contributed by atoms with E-state index in [4.69, 9.17) is 25.8 Å². The van der Waals surface area contributed by atoms with Crippen LogP contribution >= 0.6 is 11.6 Å². The van der Waals surface area contributed by atoms with Gasteiger partial charge in [0, 0.05) is 11.4 Å². The zero-order chi connectivity index (χ0) is 16.8. The molecule has 124 valence electrons. The monoisotopic (exact) mass is 334 g/mol. The highest BCUT2D eigenvalue weighted by molar-refractivity contribution is 6.31. The first-order valence-corrected chi connectivity index (χ1v) is 8.06. The predicted octanol–water partition coefficient (Wildman–Crippen LogP) is 5.12. The van der Waals surface area contributed by atoms with E-state index in [1.54, 1.807) is 7.11 Å². The van der Waals surface area contributed by atoms with E-state index < -0.39 is 0 Å². The van der Waals surface area contributed by atoms with E-state index in [2.05, 4.69) is 0 Å². The third-order valence-electron chi connectivity index (χ3n) is 3.79. The van der Waals surface area contributed by atoms with E-state index in [-0.39, 0.29) is 0 Å². The summed E-state index contributed by atoms with van der Waals surface area (Å²) in [5, 5.41) is 0.768. The van der Waals surface area contributed by atoms with Gasteiger partial charge < -0.3 is 14.2 Å². The Bertz CT molecular complexity index is 668. The van der Waals surface area contributed by atoms with E-state index >= 15 is 0 Å². The number of rotatable bonds is 7. The average Bonchev–Trinajstić information content (AvgIpc) is 2.55. The molecule has 0 N–H and O–H groups in total. The summed E-state index contributed by atoms with van der Waals surface area (Å²) in [5.74, 6) is 2.39. The molecule has 0 atom stereocenters. The van der Waals surface area contributed by atoms with Crippen molar-refractivity contribution in [1.82, 2.24) is 0 Å². The summed E-state index contributed by atoms with van der Waals surface area (Å²) in [6.45, 7) is 7.21. The number of hydrogen-bond donors (Lipinski definition) is 0. The van der Waals surface area contributed by atoms with Crippen molar-refractivity contribution in [2.75, 3.05) is 20.3 Å². The van der Waals surface area contributed by atoms with Crippen molar-refractivity contribution in [2.45, 2.75) is 27.2 Å². The van der Waals surface area contributed by atoms with Gasteiger partial charge in [-0.2, -0.15) is 0 Å². The highest BCUT2D eigenvalue weighted by Gasteiger charge is 2.07. The Kier molecular flexibility index (Phi) is 6.17. The zero-order valence-corrected chi connectivity index (χ0v) is 14.9. The van der Waals surface area contributed by atoms with E-state index in [0.717, 1.165) is 45.4 Å². The second-order valence-electron chi connectivity index (χ2n) is 5.50. The summed E-state index contributed by atoms with van der Waals surface area (Å²) in [4.78, 5) is 0. The third kappa shape index (κ3) is 4.55. The van der Waals surface area contributed by atoms with E-state index in [9.17, 15) is 0 Å². The maximum absolute atomic E-state index is 6.09. The number of methoxy groups -OCH3 is 1. The molecular formula is C19H23ClO3. The Labute approximate surface area is 143 Å². The zero-order valence-electron chi connectivity index (χ0n) is 14.1. The van der Waals surface area contributed by atoms with Crippen molar-refractivity contribution >= 4 is 11.6 Å². The molecule has 0 saturated carbocycles. The fraction of sp³-hybridized carbons (Fsp3) is 0.368. The van der Waals surface area contributed by atoms with Crippen molar-refractivity contribution in [3.05, 3.63) is 52.0 Å². The molecule has 0 saturated heterocycles. The number of hydrogen-bond acceptors (Lipinski definition) is 3. The summed E-state index contributed by atoms with van der Waals surface area (Å²) in [7, 11) is 1.65. The van der Waals surface area contributed by atoms with Gasteiger partial charge in [0.1, 0.15) is 5.75 Å². The molecule has 0 spiro atoms. The van der Waals surface area contributed by atoms with Gasteiger partial charge in [0.2, 0.25) is 0 Å². The summed E-state index contributed by atoms with van der Waals surface area (Å²) in [6, 6.07) is 9.68. The van der Waals surface area contributed by atoms with Gasteiger partial charge in [0.25, 0.3) is 0 Å². The summed E-state index contributed by atoms with van der Waals surface area (Å²) < 4.78 is 16.9.